The number of hydrogen-bond acceptors (Lipinski definition) is 3. The molecule has 4 nitrogen and oxygen atoms in total. The van der Waals surface area contributed by atoms with E-state index in [1.807, 2.05) is 6.92 Å². The van der Waals surface area contributed by atoms with Crippen LogP contribution in [0.5, 0.6) is 0 Å². The molecule has 1 atom stereocenters. The van der Waals surface area contributed by atoms with Crippen LogP contribution >= 0.6 is 0 Å². The summed E-state index contributed by atoms with van der Waals surface area (Å²) >= 11 is 0. The summed E-state index contributed by atoms with van der Waals surface area (Å²) in [7, 11) is 1.70. The van der Waals surface area contributed by atoms with Gasteiger partial charge >= 0.3 is 0 Å². The van der Waals surface area contributed by atoms with E-state index >= 15 is 0 Å². The normalized spacial score (nSPS) is 21.8. The highest BCUT2D eigenvalue weighted by Gasteiger charge is 2.29. The maximum atomic E-state index is 11.5. The van der Waals surface area contributed by atoms with E-state index in [0.29, 0.717) is 0 Å². The fourth-order valence-electron chi connectivity index (χ4n) is 2.15. The average molecular weight is 227 g/mol. The van der Waals surface area contributed by atoms with Crippen molar-refractivity contribution in [2.75, 3.05) is 33.2 Å². The van der Waals surface area contributed by atoms with Crippen molar-refractivity contribution in [3.8, 4) is 0 Å². The van der Waals surface area contributed by atoms with E-state index in [-0.39, 0.29) is 17.5 Å². The van der Waals surface area contributed by atoms with Gasteiger partial charge in [0.05, 0.1) is 6.04 Å². The van der Waals surface area contributed by atoms with E-state index in [9.17, 15) is 4.79 Å². The van der Waals surface area contributed by atoms with Crippen LogP contribution in [0.2, 0.25) is 0 Å². The molecule has 0 unspecified atom stereocenters. The van der Waals surface area contributed by atoms with Crippen LogP contribution in [0.1, 0.15) is 27.7 Å². The number of likely N-dealkylation sites (N-methyl/N-ethyl adjacent to an activating group) is 1. The Morgan fingerprint density at radius 1 is 1.19 bits per heavy atom. The van der Waals surface area contributed by atoms with Crippen molar-refractivity contribution in [2.24, 2.45) is 0 Å². The number of carbonyl (C=O) groups excluding carboxylic acids is 1. The Morgan fingerprint density at radius 2 is 1.69 bits per heavy atom. The molecule has 0 aliphatic carbocycles. The third-order valence-electron chi connectivity index (χ3n) is 3.44. The molecule has 16 heavy (non-hydrogen) atoms. The number of amides is 1. The van der Waals surface area contributed by atoms with Crippen molar-refractivity contribution in [1.29, 1.82) is 0 Å². The Labute approximate surface area is 99.0 Å². The monoisotopic (exact) mass is 227 g/mol. The molecule has 0 spiro atoms. The van der Waals surface area contributed by atoms with Gasteiger partial charge in [-0.05, 0) is 27.7 Å². The second kappa shape index (κ2) is 5.15. The Bertz CT molecular complexity index is 239. The number of hydrogen-bond donors (Lipinski definition) is 1. The zero-order valence-electron chi connectivity index (χ0n) is 11.2. The Morgan fingerprint density at radius 3 is 2.06 bits per heavy atom. The SMILES string of the molecule is CNC(=O)[C@@H](C)N1CCN(C(C)(C)C)CC1. The van der Waals surface area contributed by atoms with Crippen molar-refractivity contribution in [3.63, 3.8) is 0 Å². The summed E-state index contributed by atoms with van der Waals surface area (Å²) in [5, 5.41) is 2.71. The lowest BCUT2D eigenvalue weighted by molar-refractivity contribution is -0.126. The van der Waals surface area contributed by atoms with E-state index in [1.165, 1.54) is 0 Å². The van der Waals surface area contributed by atoms with Gasteiger partial charge in [-0.3, -0.25) is 14.6 Å². The second-order valence-corrected chi connectivity index (χ2v) is 5.48. The zero-order chi connectivity index (χ0) is 12.3. The topological polar surface area (TPSA) is 35.6 Å². The minimum atomic E-state index is -0.00730. The standard InChI is InChI=1S/C12H25N3O/c1-10(11(16)13-5)14-6-8-15(9-7-14)12(2,3)4/h10H,6-9H2,1-5H3,(H,13,16)/t10-/m1/s1. The predicted molar refractivity (Wildman–Crippen MR) is 66.4 cm³/mol. The smallest absolute Gasteiger partial charge is 0.236 e. The van der Waals surface area contributed by atoms with Gasteiger partial charge in [0.1, 0.15) is 0 Å². The molecule has 0 saturated carbocycles. The van der Waals surface area contributed by atoms with Crippen LogP contribution in [0.25, 0.3) is 0 Å². The lowest BCUT2D eigenvalue weighted by Gasteiger charge is -2.43. The van der Waals surface area contributed by atoms with Crippen molar-refractivity contribution in [1.82, 2.24) is 15.1 Å². The van der Waals surface area contributed by atoms with Gasteiger partial charge in [-0.25, -0.2) is 0 Å². The second-order valence-electron chi connectivity index (χ2n) is 5.48. The third-order valence-corrected chi connectivity index (χ3v) is 3.44. The van der Waals surface area contributed by atoms with E-state index in [2.05, 4.69) is 35.9 Å². The van der Waals surface area contributed by atoms with E-state index in [4.69, 9.17) is 0 Å². The maximum absolute atomic E-state index is 11.5. The molecule has 94 valence electrons. The molecule has 1 heterocycles. The van der Waals surface area contributed by atoms with Crippen molar-refractivity contribution >= 4 is 5.91 Å². The Balaban J connectivity index is 2.46. The molecule has 1 amide bonds. The highest BCUT2D eigenvalue weighted by atomic mass is 16.2. The first-order valence-corrected chi connectivity index (χ1v) is 6.07. The molecular weight excluding hydrogens is 202 g/mol. The minimum Gasteiger partial charge on any atom is -0.358 e. The zero-order valence-corrected chi connectivity index (χ0v) is 11.2. The van der Waals surface area contributed by atoms with E-state index < -0.39 is 0 Å². The van der Waals surface area contributed by atoms with Crippen LogP contribution < -0.4 is 5.32 Å². The first-order valence-electron chi connectivity index (χ1n) is 6.07. The fraction of sp³-hybridized carbons (Fsp3) is 0.917. The summed E-state index contributed by atoms with van der Waals surface area (Å²) in [5.74, 6) is 0.115. The first-order chi connectivity index (χ1) is 7.36. The van der Waals surface area contributed by atoms with Gasteiger partial charge in [0, 0.05) is 38.8 Å². The van der Waals surface area contributed by atoms with Crippen molar-refractivity contribution in [3.05, 3.63) is 0 Å². The molecule has 0 aromatic carbocycles. The van der Waals surface area contributed by atoms with Gasteiger partial charge in [0.25, 0.3) is 0 Å². The summed E-state index contributed by atoms with van der Waals surface area (Å²) in [6, 6.07) is -0.00730. The van der Waals surface area contributed by atoms with Gasteiger partial charge in [0.15, 0.2) is 0 Å². The molecule has 1 fully saturated rings. The molecule has 1 aliphatic rings. The molecule has 1 rings (SSSR count). The molecule has 0 bridgehead atoms. The summed E-state index contributed by atoms with van der Waals surface area (Å²) in [6.45, 7) is 12.7. The average Bonchev–Trinajstić information content (AvgIpc) is 2.26. The summed E-state index contributed by atoms with van der Waals surface area (Å²) < 4.78 is 0. The molecule has 4 heteroatoms. The first kappa shape index (κ1) is 13.5. The largest absolute Gasteiger partial charge is 0.358 e. The quantitative estimate of drug-likeness (QED) is 0.748. The van der Waals surface area contributed by atoms with E-state index in [1.54, 1.807) is 7.05 Å². The van der Waals surface area contributed by atoms with Crippen molar-refractivity contribution in [2.45, 2.75) is 39.3 Å². The summed E-state index contributed by atoms with van der Waals surface area (Å²) in [5.41, 5.74) is 0.238. The lowest BCUT2D eigenvalue weighted by Crippen LogP contribution is -2.57. The lowest BCUT2D eigenvalue weighted by atomic mass is 10.0. The van der Waals surface area contributed by atoms with Crippen LogP contribution in [0.4, 0.5) is 0 Å². The van der Waals surface area contributed by atoms with Gasteiger partial charge in [0.2, 0.25) is 5.91 Å². The Kier molecular flexibility index (Phi) is 4.33. The number of carbonyl (C=O) groups is 1. The van der Waals surface area contributed by atoms with Gasteiger partial charge < -0.3 is 5.32 Å². The third kappa shape index (κ3) is 3.19. The summed E-state index contributed by atoms with van der Waals surface area (Å²) in [6.07, 6.45) is 0. The van der Waals surface area contributed by atoms with Crippen LogP contribution in [0, 0.1) is 0 Å². The van der Waals surface area contributed by atoms with Gasteiger partial charge in [-0.2, -0.15) is 0 Å². The van der Waals surface area contributed by atoms with Crippen LogP contribution in [-0.4, -0.2) is 60.5 Å². The van der Waals surface area contributed by atoms with Crippen LogP contribution in [0.3, 0.4) is 0 Å². The highest BCUT2D eigenvalue weighted by molar-refractivity contribution is 5.80. The fourth-order valence-corrected chi connectivity index (χ4v) is 2.15. The van der Waals surface area contributed by atoms with Crippen LogP contribution in [-0.2, 0) is 4.79 Å². The maximum Gasteiger partial charge on any atom is 0.236 e. The predicted octanol–water partition coefficient (Wildman–Crippen LogP) is 0.537. The Hall–Kier alpha value is -0.610. The number of piperazine rings is 1. The minimum absolute atomic E-state index is 0.00730. The van der Waals surface area contributed by atoms with E-state index in [0.717, 1.165) is 26.2 Å². The highest BCUT2D eigenvalue weighted by Crippen LogP contribution is 2.16. The van der Waals surface area contributed by atoms with Gasteiger partial charge in [-0.15, -0.1) is 0 Å². The number of nitrogens with one attached hydrogen (secondary N) is 1. The molecular formula is C12H25N3O. The molecule has 0 aromatic heterocycles. The number of rotatable bonds is 2. The molecule has 1 aliphatic heterocycles. The molecule has 0 radical (unpaired) electrons. The van der Waals surface area contributed by atoms with Gasteiger partial charge in [-0.1, -0.05) is 0 Å². The molecule has 1 saturated heterocycles. The molecule has 0 aromatic rings. The van der Waals surface area contributed by atoms with Crippen molar-refractivity contribution < 1.29 is 4.79 Å². The summed E-state index contributed by atoms with van der Waals surface area (Å²) in [4.78, 5) is 16.2. The number of nitrogens with zero attached hydrogens (tertiary/aromatic N) is 2. The van der Waals surface area contributed by atoms with Crippen LogP contribution in [0.15, 0.2) is 0 Å². The molecule has 1 N–H and O–H groups in total.